The molecular weight excluding hydrogens is 210 g/mol. The molecule has 1 amide bonds. The van der Waals surface area contributed by atoms with Gasteiger partial charge in [-0.05, 0) is 32.0 Å². The summed E-state index contributed by atoms with van der Waals surface area (Å²) in [5.74, 6) is -0.204. The van der Waals surface area contributed by atoms with Crippen molar-refractivity contribution in [3.05, 3.63) is 0 Å². The van der Waals surface area contributed by atoms with Gasteiger partial charge in [0.15, 0.2) is 5.11 Å². The first-order valence-corrected chi connectivity index (χ1v) is 5.86. The molecule has 0 unspecified atom stereocenters. The molecule has 15 heavy (non-hydrogen) atoms. The number of carbonyl (C=O) groups is 1. The number of amides is 1. The molecule has 0 aromatic heterocycles. The number of carbonyl (C=O) groups excluding carboxylic acids is 1. The molecule has 4 N–H and O–H groups in total. The summed E-state index contributed by atoms with van der Waals surface area (Å²) in [6.45, 7) is 2.13. The van der Waals surface area contributed by atoms with E-state index in [-0.39, 0.29) is 5.91 Å². The summed E-state index contributed by atoms with van der Waals surface area (Å²) < 4.78 is 0. The highest BCUT2D eigenvalue weighted by Crippen LogP contribution is 2.11. The highest BCUT2D eigenvalue weighted by molar-refractivity contribution is 7.80. The van der Waals surface area contributed by atoms with Crippen molar-refractivity contribution < 1.29 is 4.79 Å². The maximum atomic E-state index is 10.5. The van der Waals surface area contributed by atoms with Crippen molar-refractivity contribution in [2.75, 3.05) is 0 Å². The Hall–Kier alpha value is -0.840. The van der Waals surface area contributed by atoms with Crippen LogP contribution in [-0.2, 0) is 4.79 Å². The number of primary amides is 1. The average Bonchev–Trinajstić information content (AvgIpc) is 2.44. The maximum Gasteiger partial charge on any atom is 0.217 e. The molecule has 1 aliphatic rings. The Labute approximate surface area is 96.0 Å². The van der Waals surface area contributed by atoms with Crippen LogP contribution in [0.15, 0.2) is 0 Å². The van der Waals surface area contributed by atoms with Crippen LogP contribution in [0.3, 0.4) is 0 Å². The minimum Gasteiger partial charge on any atom is -0.370 e. The van der Waals surface area contributed by atoms with Crippen LogP contribution in [0, 0.1) is 0 Å². The van der Waals surface area contributed by atoms with Crippen molar-refractivity contribution >= 4 is 23.2 Å². The zero-order valence-corrected chi connectivity index (χ0v) is 9.90. The number of rotatable bonds is 6. The Bertz CT molecular complexity index is 245. The van der Waals surface area contributed by atoms with Crippen LogP contribution < -0.4 is 16.4 Å². The number of thiocarbonyl (C=S) groups is 1. The predicted octanol–water partition coefficient (Wildman–Crippen LogP) is 0.657. The third kappa shape index (κ3) is 4.46. The molecule has 5 heteroatoms. The first kappa shape index (κ1) is 12.2. The number of nitrogens with two attached hydrogens (primary N) is 1. The van der Waals surface area contributed by atoms with Crippen LogP contribution in [0.4, 0.5) is 0 Å². The normalized spacial score (nSPS) is 24.7. The van der Waals surface area contributed by atoms with Gasteiger partial charge in [-0.1, -0.05) is 12.8 Å². The lowest BCUT2D eigenvalue weighted by Gasteiger charge is -2.13. The van der Waals surface area contributed by atoms with Crippen LogP contribution in [0.1, 0.15) is 39.0 Å². The second-order valence-corrected chi connectivity index (χ2v) is 4.49. The molecule has 0 bridgehead atoms. The topological polar surface area (TPSA) is 67.2 Å². The Kier molecular flexibility index (Phi) is 4.81. The third-order valence-corrected chi connectivity index (χ3v) is 2.95. The Morgan fingerprint density at radius 3 is 2.67 bits per heavy atom. The van der Waals surface area contributed by atoms with E-state index in [0.717, 1.165) is 30.8 Å². The number of hydrogen-bond acceptors (Lipinski definition) is 2. The summed E-state index contributed by atoms with van der Waals surface area (Å²) in [5, 5.41) is 7.16. The van der Waals surface area contributed by atoms with Gasteiger partial charge in [0.05, 0.1) is 0 Å². The van der Waals surface area contributed by atoms with Crippen molar-refractivity contribution in [2.45, 2.75) is 51.1 Å². The molecular formula is C10H19N3OS. The van der Waals surface area contributed by atoms with E-state index in [1.807, 2.05) is 0 Å². The molecule has 1 rings (SSSR count). The summed E-state index contributed by atoms with van der Waals surface area (Å²) in [4.78, 5) is 10.5. The zero-order chi connectivity index (χ0) is 11.3. The van der Waals surface area contributed by atoms with Gasteiger partial charge in [-0.3, -0.25) is 4.79 Å². The smallest absolute Gasteiger partial charge is 0.217 e. The molecule has 1 heterocycles. The summed E-state index contributed by atoms with van der Waals surface area (Å²) in [7, 11) is 0. The highest BCUT2D eigenvalue weighted by atomic mass is 32.1. The number of unbranched alkanes of at least 4 members (excludes halogenated alkanes) is 2. The van der Waals surface area contributed by atoms with Gasteiger partial charge in [-0.25, -0.2) is 0 Å². The third-order valence-electron chi connectivity index (χ3n) is 2.72. The van der Waals surface area contributed by atoms with E-state index in [1.165, 1.54) is 0 Å². The van der Waals surface area contributed by atoms with Gasteiger partial charge >= 0.3 is 0 Å². The van der Waals surface area contributed by atoms with Crippen LogP contribution in [-0.4, -0.2) is 23.1 Å². The summed E-state index contributed by atoms with van der Waals surface area (Å²) in [6, 6.07) is 0.847. The van der Waals surface area contributed by atoms with Crippen LogP contribution in [0.5, 0.6) is 0 Å². The van der Waals surface area contributed by atoms with Crippen molar-refractivity contribution in [1.82, 2.24) is 10.6 Å². The van der Waals surface area contributed by atoms with E-state index in [1.54, 1.807) is 0 Å². The molecule has 1 aliphatic heterocycles. The standard InChI is InChI=1S/C10H19N3OS/c1-7-8(13-10(15)12-7)5-3-2-4-6-9(11)14/h7-8H,2-6H2,1H3,(H2,11,14)(H2,12,13,15)/t7-,8+/m0/s1. The van der Waals surface area contributed by atoms with E-state index in [9.17, 15) is 4.79 Å². The van der Waals surface area contributed by atoms with Gasteiger partial charge in [-0.15, -0.1) is 0 Å². The Morgan fingerprint density at radius 1 is 1.40 bits per heavy atom. The van der Waals surface area contributed by atoms with Crippen molar-refractivity contribution in [3.8, 4) is 0 Å². The Morgan fingerprint density at radius 2 is 2.13 bits per heavy atom. The number of nitrogens with one attached hydrogen (secondary N) is 2. The lowest BCUT2D eigenvalue weighted by atomic mass is 10.0. The fraction of sp³-hybridized carbons (Fsp3) is 0.800. The van der Waals surface area contributed by atoms with E-state index >= 15 is 0 Å². The summed E-state index contributed by atoms with van der Waals surface area (Å²) in [5.41, 5.74) is 5.06. The molecule has 0 radical (unpaired) electrons. The average molecular weight is 229 g/mol. The minimum absolute atomic E-state index is 0.204. The Balaban J connectivity index is 2.05. The van der Waals surface area contributed by atoms with E-state index in [2.05, 4.69) is 17.6 Å². The predicted molar refractivity (Wildman–Crippen MR) is 64.4 cm³/mol. The van der Waals surface area contributed by atoms with E-state index < -0.39 is 0 Å². The largest absolute Gasteiger partial charge is 0.370 e. The molecule has 4 nitrogen and oxygen atoms in total. The van der Waals surface area contributed by atoms with Gasteiger partial charge < -0.3 is 16.4 Å². The number of hydrogen-bond donors (Lipinski definition) is 3. The zero-order valence-electron chi connectivity index (χ0n) is 9.08. The first-order valence-electron chi connectivity index (χ1n) is 5.45. The lowest BCUT2D eigenvalue weighted by molar-refractivity contribution is -0.118. The van der Waals surface area contributed by atoms with Crippen molar-refractivity contribution in [1.29, 1.82) is 0 Å². The quantitative estimate of drug-likeness (QED) is 0.462. The second kappa shape index (κ2) is 5.90. The maximum absolute atomic E-state index is 10.5. The van der Waals surface area contributed by atoms with Crippen molar-refractivity contribution in [3.63, 3.8) is 0 Å². The molecule has 0 saturated carbocycles. The van der Waals surface area contributed by atoms with Crippen LogP contribution in [0.25, 0.3) is 0 Å². The van der Waals surface area contributed by atoms with E-state index in [0.29, 0.717) is 18.5 Å². The van der Waals surface area contributed by atoms with Gasteiger partial charge in [0.1, 0.15) is 0 Å². The highest BCUT2D eigenvalue weighted by Gasteiger charge is 2.24. The van der Waals surface area contributed by atoms with Gasteiger partial charge in [0.2, 0.25) is 5.91 Å². The fourth-order valence-corrected chi connectivity index (χ4v) is 2.14. The first-order chi connectivity index (χ1) is 7.09. The summed E-state index contributed by atoms with van der Waals surface area (Å²) >= 11 is 5.03. The molecule has 1 fully saturated rings. The van der Waals surface area contributed by atoms with Crippen molar-refractivity contribution in [2.24, 2.45) is 5.73 Å². The molecule has 0 spiro atoms. The second-order valence-electron chi connectivity index (χ2n) is 4.08. The summed E-state index contributed by atoms with van der Waals surface area (Å²) in [6.07, 6.45) is 4.66. The monoisotopic (exact) mass is 229 g/mol. The minimum atomic E-state index is -0.204. The van der Waals surface area contributed by atoms with E-state index in [4.69, 9.17) is 18.0 Å². The SMILES string of the molecule is C[C@@H]1NC(=S)N[C@@H]1CCCCCC(N)=O. The van der Waals surface area contributed by atoms with Gasteiger partial charge in [0.25, 0.3) is 0 Å². The van der Waals surface area contributed by atoms with Gasteiger partial charge in [0, 0.05) is 18.5 Å². The fourth-order valence-electron chi connectivity index (χ4n) is 1.80. The van der Waals surface area contributed by atoms with Crippen LogP contribution in [0.2, 0.25) is 0 Å². The van der Waals surface area contributed by atoms with Gasteiger partial charge in [-0.2, -0.15) is 0 Å². The molecule has 0 aromatic carbocycles. The van der Waals surface area contributed by atoms with Crippen LogP contribution >= 0.6 is 12.2 Å². The molecule has 1 saturated heterocycles. The molecule has 86 valence electrons. The molecule has 0 aromatic rings. The molecule has 0 aliphatic carbocycles. The molecule has 2 atom stereocenters. The lowest BCUT2D eigenvalue weighted by Crippen LogP contribution is -2.30.